The maximum absolute atomic E-state index is 5.65. The summed E-state index contributed by atoms with van der Waals surface area (Å²) in [4.78, 5) is 2.42. The van der Waals surface area contributed by atoms with E-state index in [-0.39, 0.29) is 0 Å². The van der Waals surface area contributed by atoms with E-state index in [4.69, 9.17) is 9.15 Å². The van der Waals surface area contributed by atoms with Crippen LogP contribution in [-0.2, 0) is 17.8 Å². The van der Waals surface area contributed by atoms with Crippen molar-refractivity contribution in [3.05, 3.63) is 35.3 Å². The monoisotopic (exact) mass is 278 g/mol. The number of rotatable bonds is 8. The Kier molecular flexibility index (Phi) is 6.30. The van der Waals surface area contributed by atoms with Crippen LogP contribution < -0.4 is 5.32 Å². The standard InChI is InChI=1S/C16H26N2O2/c1-3-7-17-11-15-6-10-20-16(15)12-18-8-4-14(5-9-18)13-19-2/h4,6,10,17H,3,5,7-9,11-13H2,1-2H3. The topological polar surface area (TPSA) is 37.6 Å². The van der Waals surface area contributed by atoms with E-state index in [0.29, 0.717) is 0 Å². The van der Waals surface area contributed by atoms with Crippen molar-refractivity contribution >= 4 is 0 Å². The second-order valence-electron chi connectivity index (χ2n) is 5.33. The maximum Gasteiger partial charge on any atom is 0.122 e. The minimum atomic E-state index is 0.765. The van der Waals surface area contributed by atoms with Crippen molar-refractivity contribution in [2.75, 3.05) is 33.4 Å². The summed E-state index contributed by atoms with van der Waals surface area (Å²) in [5.74, 6) is 1.09. The zero-order valence-corrected chi connectivity index (χ0v) is 12.7. The van der Waals surface area contributed by atoms with Gasteiger partial charge in [0.1, 0.15) is 5.76 Å². The average Bonchev–Trinajstić information content (AvgIpc) is 2.89. The smallest absolute Gasteiger partial charge is 0.122 e. The molecule has 1 aromatic heterocycles. The summed E-state index contributed by atoms with van der Waals surface area (Å²) in [6, 6.07) is 2.08. The Labute approximate surface area is 121 Å². The van der Waals surface area contributed by atoms with Crippen LogP contribution in [0.3, 0.4) is 0 Å². The molecule has 20 heavy (non-hydrogen) atoms. The number of nitrogens with one attached hydrogen (secondary N) is 1. The predicted octanol–water partition coefficient (Wildman–Crippen LogP) is 2.56. The van der Waals surface area contributed by atoms with Gasteiger partial charge >= 0.3 is 0 Å². The van der Waals surface area contributed by atoms with Crippen LogP contribution in [0, 0.1) is 0 Å². The van der Waals surface area contributed by atoms with Crippen molar-refractivity contribution in [2.24, 2.45) is 0 Å². The summed E-state index contributed by atoms with van der Waals surface area (Å²) in [6.45, 7) is 7.86. The van der Waals surface area contributed by atoms with Crippen molar-refractivity contribution < 1.29 is 9.15 Å². The fourth-order valence-corrected chi connectivity index (χ4v) is 2.48. The molecule has 4 heteroatoms. The summed E-state index contributed by atoms with van der Waals surface area (Å²) in [5, 5.41) is 3.43. The van der Waals surface area contributed by atoms with Crippen molar-refractivity contribution in [2.45, 2.75) is 32.9 Å². The minimum absolute atomic E-state index is 0.765. The lowest BCUT2D eigenvalue weighted by atomic mass is 10.1. The van der Waals surface area contributed by atoms with Gasteiger partial charge in [-0.1, -0.05) is 13.0 Å². The van der Waals surface area contributed by atoms with Gasteiger partial charge in [-0.05, 0) is 31.0 Å². The van der Waals surface area contributed by atoms with Crippen LogP contribution in [0.4, 0.5) is 0 Å². The van der Waals surface area contributed by atoms with Crippen LogP contribution in [0.15, 0.2) is 28.4 Å². The molecular formula is C16H26N2O2. The number of furan rings is 1. The summed E-state index contributed by atoms with van der Waals surface area (Å²) in [5.41, 5.74) is 2.69. The van der Waals surface area contributed by atoms with E-state index >= 15 is 0 Å². The quantitative estimate of drug-likeness (QED) is 0.586. The van der Waals surface area contributed by atoms with Crippen molar-refractivity contribution in [3.63, 3.8) is 0 Å². The summed E-state index contributed by atoms with van der Waals surface area (Å²) in [6.07, 6.45) is 6.34. The fourth-order valence-electron chi connectivity index (χ4n) is 2.48. The van der Waals surface area contributed by atoms with Gasteiger partial charge < -0.3 is 14.5 Å². The predicted molar refractivity (Wildman–Crippen MR) is 80.6 cm³/mol. The highest BCUT2D eigenvalue weighted by molar-refractivity contribution is 5.17. The van der Waals surface area contributed by atoms with E-state index in [1.54, 1.807) is 13.4 Å². The van der Waals surface area contributed by atoms with Gasteiger partial charge in [-0.25, -0.2) is 0 Å². The van der Waals surface area contributed by atoms with Crippen LogP contribution in [0.25, 0.3) is 0 Å². The number of ether oxygens (including phenoxy) is 1. The van der Waals surface area contributed by atoms with E-state index in [1.807, 2.05) is 0 Å². The van der Waals surface area contributed by atoms with E-state index in [9.17, 15) is 0 Å². The fraction of sp³-hybridized carbons (Fsp3) is 0.625. The molecule has 0 saturated carbocycles. The lowest BCUT2D eigenvalue weighted by Gasteiger charge is -2.25. The molecule has 0 amide bonds. The third-order valence-electron chi connectivity index (χ3n) is 3.66. The lowest BCUT2D eigenvalue weighted by molar-refractivity contribution is 0.206. The van der Waals surface area contributed by atoms with Gasteiger partial charge in [-0.15, -0.1) is 0 Å². The summed E-state index contributed by atoms with van der Waals surface area (Å²) < 4.78 is 10.8. The molecule has 0 atom stereocenters. The average molecular weight is 278 g/mol. The molecule has 1 aromatic rings. The molecule has 1 N–H and O–H groups in total. The second-order valence-corrected chi connectivity index (χ2v) is 5.33. The summed E-state index contributed by atoms with van der Waals surface area (Å²) >= 11 is 0. The molecule has 4 nitrogen and oxygen atoms in total. The van der Waals surface area contributed by atoms with Gasteiger partial charge in [-0.2, -0.15) is 0 Å². The van der Waals surface area contributed by atoms with Gasteiger partial charge in [0.15, 0.2) is 0 Å². The van der Waals surface area contributed by atoms with E-state index in [2.05, 4.69) is 29.3 Å². The molecule has 0 aliphatic carbocycles. The second kappa shape index (κ2) is 8.25. The largest absolute Gasteiger partial charge is 0.468 e. The van der Waals surface area contributed by atoms with Gasteiger partial charge in [0.25, 0.3) is 0 Å². The molecule has 0 spiro atoms. The highest BCUT2D eigenvalue weighted by Crippen LogP contribution is 2.17. The van der Waals surface area contributed by atoms with E-state index < -0.39 is 0 Å². The number of hydrogen-bond acceptors (Lipinski definition) is 4. The van der Waals surface area contributed by atoms with Gasteiger partial charge in [0.05, 0.1) is 19.4 Å². The molecule has 0 radical (unpaired) electrons. The highest BCUT2D eigenvalue weighted by atomic mass is 16.5. The molecule has 0 unspecified atom stereocenters. The van der Waals surface area contributed by atoms with Crippen LogP contribution in [0.2, 0.25) is 0 Å². The molecule has 112 valence electrons. The minimum Gasteiger partial charge on any atom is -0.468 e. The van der Waals surface area contributed by atoms with Crippen LogP contribution >= 0.6 is 0 Å². The Balaban J connectivity index is 1.83. The highest BCUT2D eigenvalue weighted by Gasteiger charge is 2.15. The maximum atomic E-state index is 5.65. The van der Waals surface area contributed by atoms with E-state index in [1.165, 1.54) is 11.1 Å². The first-order chi connectivity index (χ1) is 9.83. The van der Waals surface area contributed by atoms with Crippen LogP contribution in [-0.4, -0.2) is 38.3 Å². The number of hydrogen-bond donors (Lipinski definition) is 1. The third kappa shape index (κ3) is 4.47. The number of methoxy groups -OCH3 is 1. The Morgan fingerprint density at radius 3 is 3.05 bits per heavy atom. The molecule has 2 heterocycles. The Bertz CT molecular complexity index is 426. The normalized spacial score (nSPS) is 16.4. The van der Waals surface area contributed by atoms with Crippen molar-refractivity contribution in [1.82, 2.24) is 10.2 Å². The Hall–Kier alpha value is -1.10. The zero-order chi connectivity index (χ0) is 14.2. The first-order valence-corrected chi connectivity index (χ1v) is 7.48. The SMILES string of the molecule is CCCNCc1ccoc1CN1CC=C(COC)CC1. The number of nitrogens with zero attached hydrogens (tertiary/aromatic N) is 1. The molecule has 2 rings (SSSR count). The van der Waals surface area contributed by atoms with Gasteiger partial charge in [-0.3, -0.25) is 4.90 Å². The van der Waals surface area contributed by atoms with E-state index in [0.717, 1.165) is 57.9 Å². The van der Waals surface area contributed by atoms with Crippen molar-refractivity contribution in [3.8, 4) is 0 Å². The molecule has 0 fully saturated rings. The third-order valence-corrected chi connectivity index (χ3v) is 3.66. The molecule has 0 saturated heterocycles. The van der Waals surface area contributed by atoms with Gasteiger partial charge in [0, 0.05) is 32.3 Å². The molecule has 1 aliphatic heterocycles. The molecular weight excluding hydrogens is 252 g/mol. The van der Waals surface area contributed by atoms with Crippen LogP contribution in [0.1, 0.15) is 31.1 Å². The zero-order valence-electron chi connectivity index (χ0n) is 12.7. The van der Waals surface area contributed by atoms with Crippen LogP contribution in [0.5, 0.6) is 0 Å². The molecule has 0 bridgehead atoms. The first kappa shape index (κ1) is 15.3. The Morgan fingerprint density at radius 2 is 2.35 bits per heavy atom. The molecule has 0 aromatic carbocycles. The molecule has 1 aliphatic rings. The van der Waals surface area contributed by atoms with Gasteiger partial charge in [0.2, 0.25) is 0 Å². The Morgan fingerprint density at radius 1 is 1.45 bits per heavy atom. The summed E-state index contributed by atoms with van der Waals surface area (Å²) in [7, 11) is 1.76. The first-order valence-electron chi connectivity index (χ1n) is 7.48. The van der Waals surface area contributed by atoms with Crippen molar-refractivity contribution in [1.29, 1.82) is 0 Å². The lowest BCUT2D eigenvalue weighted by Crippen LogP contribution is -2.29.